The number of ether oxygens (including phenoxy) is 1. The van der Waals surface area contributed by atoms with Crippen molar-refractivity contribution in [3.8, 4) is 5.75 Å². The molecule has 3 heteroatoms. The van der Waals surface area contributed by atoms with Crippen LogP contribution in [0.5, 0.6) is 5.75 Å². The number of fused-ring (bicyclic) bond motifs is 1. The van der Waals surface area contributed by atoms with Crippen LogP contribution in [-0.2, 0) is 0 Å². The summed E-state index contributed by atoms with van der Waals surface area (Å²) >= 11 is 6.90. The van der Waals surface area contributed by atoms with E-state index in [2.05, 4.69) is 12.1 Å². The fourth-order valence-electron chi connectivity index (χ4n) is 1.83. The molecule has 0 amide bonds. The second-order valence-corrected chi connectivity index (χ2v) is 5.16. The maximum Gasteiger partial charge on any atom is 0.208 e. The van der Waals surface area contributed by atoms with Gasteiger partial charge in [-0.3, -0.25) is 0 Å². The number of benzene rings is 2. The Morgan fingerprint density at radius 1 is 0.944 bits per heavy atom. The lowest BCUT2D eigenvalue weighted by atomic mass is 10.1. The van der Waals surface area contributed by atoms with Crippen molar-refractivity contribution in [1.82, 2.24) is 0 Å². The van der Waals surface area contributed by atoms with E-state index >= 15 is 0 Å². The van der Waals surface area contributed by atoms with Crippen molar-refractivity contribution in [1.29, 1.82) is 0 Å². The highest BCUT2D eigenvalue weighted by Crippen LogP contribution is 2.26. The standard InChI is InChI=1S/C15H10OS2/c17-15(14-9-4-10-18-14)16-13-8-3-6-11-5-1-2-7-12(11)13/h1-10H. The maximum absolute atomic E-state index is 5.81. The van der Waals surface area contributed by atoms with Crippen molar-refractivity contribution >= 4 is 39.4 Å². The largest absolute Gasteiger partial charge is 0.444 e. The summed E-state index contributed by atoms with van der Waals surface area (Å²) in [6, 6.07) is 18.1. The first-order valence-corrected chi connectivity index (χ1v) is 6.87. The van der Waals surface area contributed by atoms with Gasteiger partial charge in [-0.05, 0) is 35.1 Å². The van der Waals surface area contributed by atoms with Gasteiger partial charge in [0.05, 0.1) is 4.88 Å². The average Bonchev–Trinajstić information content (AvgIpc) is 2.93. The number of rotatable bonds is 2. The van der Waals surface area contributed by atoms with Crippen LogP contribution < -0.4 is 4.74 Å². The fourth-order valence-corrected chi connectivity index (χ4v) is 2.73. The summed E-state index contributed by atoms with van der Waals surface area (Å²) in [7, 11) is 0. The van der Waals surface area contributed by atoms with E-state index in [0.29, 0.717) is 5.05 Å². The summed E-state index contributed by atoms with van der Waals surface area (Å²) in [5, 5.41) is 4.76. The fraction of sp³-hybridized carbons (Fsp3) is 0. The molecule has 88 valence electrons. The Balaban J connectivity index is 1.98. The summed E-state index contributed by atoms with van der Waals surface area (Å²) in [6.45, 7) is 0. The van der Waals surface area contributed by atoms with Crippen molar-refractivity contribution in [3.63, 3.8) is 0 Å². The molecule has 0 saturated heterocycles. The molecule has 0 radical (unpaired) electrons. The van der Waals surface area contributed by atoms with Crippen molar-refractivity contribution in [3.05, 3.63) is 64.9 Å². The molecule has 3 aromatic rings. The van der Waals surface area contributed by atoms with Crippen molar-refractivity contribution < 1.29 is 4.74 Å². The van der Waals surface area contributed by atoms with E-state index in [1.165, 1.54) is 0 Å². The molecule has 0 fully saturated rings. The molecular formula is C15H10OS2. The zero-order valence-electron chi connectivity index (χ0n) is 9.50. The molecule has 0 saturated carbocycles. The van der Waals surface area contributed by atoms with Gasteiger partial charge in [-0.15, -0.1) is 11.3 Å². The van der Waals surface area contributed by atoms with Crippen LogP contribution in [0.15, 0.2) is 60.0 Å². The summed E-state index contributed by atoms with van der Waals surface area (Å²) in [4.78, 5) is 0.984. The number of thiocarbonyl (C=S) groups is 1. The lowest BCUT2D eigenvalue weighted by Crippen LogP contribution is -2.04. The van der Waals surface area contributed by atoms with Crippen LogP contribution in [-0.4, -0.2) is 5.05 Å². The van der Waals surface area contributed by atoms with Gasteiger partial charge in [0.25, 0.3) is 0 Å². The molecule has 18 heavy (non-hydrogen) atoms. The lowest BCUT2D eigenvalue weighted by Gasteiger charge is -2.08. The monoisotopic (exact) mass is 270 g/mol. The van der Waals surface area contributed by atoms with Gasteiger partial charge in [-0.2, -0.15) is 0 Å². The Bertz CT molecular complexity index is 681. The Hall–Kier alpha value is -1.71. The molecule has 0 bridgehead atoms. The van der Waals surface area contributed by atoms with E-state index in [0.717, 1.165) is 21.4 Å². The topological polar surface area (TPSA) is 9.23 Å². The molecule has 2 aromatic carbocycles. The SMILES string of the molecule is S=C(Oc1cccc2ccccc12)c1cccs1. The van der Waals surface area contributed by atoms with Gasteiger partial charge in [0.2, 0.25) is 5.05 Å². The van der Waals surface area contributed by atoms with Crippen LogP contribution >= 0.6 is 23.6 Å². The highest BCUT2D eigenvalue weighted by atomic mass is 32.1. The molecule has 0 aliphatic rings. The molecule has 0 aliphatic carbocycles. The first kappa shape index (κ1) is 11.4. The summed E-state index contributed by atoms with van der Waals surface area (Å²) < 4.78 is 5.81. The molecule has 3 rings (SSSR count). The maximum atomic E-state index is 5.81. The number of hydrogen-bond acceptors (Lipinski definition) is 3. The van der Waals surface area contributed by atoms with Gasteiger partial charge in [-0.1, -0.05) is 42.5 Å². The first-order valence-electron chi connectivity index (χ1n) is 5.58. The molecule has 1 heterocycles. The summed E-state index contributed by atoms with van der Waals surface area (Å²) in [6.07, 6.45) is 0. The van der Waals surface area contributed by atoms with Crippen LogP contribution in [0.2, 0.25) is 0 Å². The van der Waals surface area contributed by atoms with Gasteiger partial charge in [0.1, 0.15) is 5.75 Å². The van der Waals surface area contributed by atoms with E-state index < -0.39 is 0 Å². The van der Waals surface area contributed by atoms with E-state index in [1.807, 2.05) is 47.8 Å². The third kappa shape index (κ3) is 2.15. The zero-order valence-corrected chi connectivity index (χ0v) is 11.1. The van der Waals surface area contributed by atoms with Gasteiger partial charge in [0.15, 0.2) is 0 Å². The molecule has 0 unspecified atom stereocenters. The quantitative estimate of drug-likeness (QED) is 0.627. The second-order valence-electron chi connectivity index (χ2n) is 3.84. The Morgan fingerprint density at radius 3 is 2.61 bits per heavy atom. The number of hydrogen-bond donors (Lipinski definition) is 0. The molecule has 0 spiro atoms. The van der Waals surface area contributed by atoms with E-state index in [4.69, 9.17) is 17.0 Å². The highest BCUT2D eigenvalue weighted by molar-refractivity contribution is 7.80. The zero-order chi connectivity index (χ0) is 12.4. The summed E-state index contributed by atoms with van der Waals surface area (Å²) in [5.41, 5.74) is 0. The Labute approximate surface area is 115 Å². The van der Waals surface area contributed by atoms with Gasteiger partial charge >= 0.3 is 0 Å². The molecule has 0 atom stereocenters. The first-order chi connectivity index (χ1) is 8.84. The molecule has 1 nitrogen and oxygen atoms in total. The van der Waals surface area contributed by atoms with Crippen LogP contribution in [0.3, 0.4) is 0 Å². The van der Waals surface area contributed by atoms with Crippen LogP contribution in [0.4, 0.5) is 0 Å². The van der Waals surface area contributed by atoms with E-state index in [9.17, 15) is 0 Å². The summed E-state index contributed by atoms with van der Waals surface area (Å²) in [5.74, 6) is 0.812. The van der Waals surface area contributed by atoms with Crippen LogP contribution in [0, 0.1) is 0 Å². The van der Waals surface area contributed by atoms with Gasteiger partial charge in [-0.25, -0.2) is 0 Å². The highest BCUT2D eigenvalue weighted by Gasteiger charge is 2.07. The predicted molar refractivity (Wildman–Crippen MR) is 80.6 cm³/mol. The van der Waals surface area contributed by atoms with Gasteiger partial charge in [0, 0.05) is 5.39 Å². The van der Waals surface area contributed by atoms with Crippen molar-refractivity contribution in [2.75, 3.05) is 0 Å². The normalized spacial score (nSPS) is 10.4. The molecule has 0 aliphatic heterocycles. The third-order valence-electron chi connectivity index (χ3n) is 2.67. The van der Waals surface area contributed by atoms with Gasteiger partial charge < -0.3 is 4.74 Å². The van der Waals surface area contributed by atoms with Crippen LogP contribution in [0.1, 0.15) is 4.88 Å². The Kier molecular flexibility index (Phi) is 3.09. The average molecular weight is 270 g/mol. The minimum Gasteiger partial charge on any atom is -0.444 e. The third-order valence-corrected chi connectivity index (χ3v) is 3.98. The number of thiophene rings is 1. The van der Waals surface area contributed by atoms with E-state index in [1.54, 1.807) is 11.3 Å². The van der Waals surface area contributed by atoms with E-state index in [-0.39, 0.29) is 0 Å². The Morgan fingerprint density at radius 2 is 1.78 bits per heavy atom. The molecule has 0 N–H and O–H groups in total. The molecular weight excluding hydrogens is 260 g/mol. The smallest absolute Gasteiger partial charge is 0.208 e. The lowest BCUT2D eigenvalue weighted by molar-refractivity contribution is 0.575. The molecule has 1 aromatic heterocycles. The minimum atomic E-state index is 0.529. The van der Waals surface area contributed by atoms with Crippen LogP contribution in [0.25, 0.3) is 10.8 Å². The van der Waals surface area contributed by atoms with Crippen molar-refractivity contribution in [2.45, 2.75) is 0 Å². The predicted octanol–water partition coefficient (Wildman–Crippen LogP) is 4.66. The second kappa shape index (κ2) is 4.88. The minimum absolute atomic E-state index is 0.529. The van der Waals surface area contributed by atoms with Crippen molar-refractivity contribution in [2.24, 2.45) is 0 Å².